The van der Waals surface area contributed by atoms with E-state index < -0.39 is 10.0 Å². The summed E-state index contributed by atoms with van der Waals surface area (Å²) in [4.78, 5) is 0.304. The molecule has 0 aliphatic heterocycles. The fraction of sp³-hybridized carbons (Fsp3) is 0.500. The Labute approximate surface area is 116 Å². The molecule has 1 fully saturated rings. The minimum absolute atomic E-state index is 0.0889. The monoisotopic (exact) mass is 332 g/mol. The zero-order valence-corrected chi connectivity index (χ0v) is 12.6. The van der Waals surface area contributed by atoms with Crippen LogP contribution in [0.2, 0.25) is 0 Å². The third kappa shape index (κ3) is 2.77. The molecule has 1 aliphatic rings. The average Bonchev–Trinajstić information content (AvgIpc) is 3.14. The van der Waals surface area contributed by atoms with Crippen molar-refractivity contribution in [1.29, 1.82) is 0 Å². The Morgan fingerprint density at radius 3 is 2.67 bits per heavy atom. The largest absolute Gasteiger partial charge is 0.329 e. The minimum Gasteiger partial charge on any atom is -0.329 e. The van der Waals surface area contributed by atoms with Crippen LogP contribution in [0, 0.1) is 5.92 Å². The van der Waals surface area contributed by atoms with E-state index in [9.17, 15) is 8.42 Å². The standard InChI is InChI=1S/C12H17BrN2O2S/c1-15(12(8-14)9-5-6-9)18(16,17)11-4-2-3-10(13)7-11/h2-4,7,9,12H,5-6,8,14H2,1H3. The summed E-state index contributed by atoms with van der Waals surface area (Å²) in [6, 6.07) is 6.66. The van der Waals surface area contributed by atoms with E-state index in [1.807, 2.05) is 0 Å². The van der Waals surface area contributed by atoms with Crippen molar-refractivity contribution < 1.29 is 8.42 Å². The summed E-state index contributed by atoms with van der Waals surface area (Å²) in [7, 11) is -1.84. The van der Waals surface area contributed by atoms with E-state index >= 15 is 0 Å². The van der Waals surface area contributed by atoms with Crippen LogP contribution in [0.1, 0.15) is 12.8 Å². The number of hydrogen-bond donors (Lipinski definition) is 1. The highest BCUT2D eigenvalue weighted by Crippen LogP contribution is 2.36. The molecule has 1 aromatic rings. The van der Waals surface area contributed by atoms with Gasteiger partial charge in [-0.3, -0.25) is 0 Å². The van der Waals surface area contributed by atoms with Crippen LogP contribution in [0.5, 0.6) is 0 Å². The third-order valence-electron chi connectivity index (χ3n) is 3.35. The summed E-state index contributed by atoms with van der Waals surface area (Å²) in [6.07, 6.45) is 2.14. The van der Waals surface area contributed by atoms with Gasteiger partial charge in [0.15, 0.2) is 0 Å². The van der Waals surface area contributed by atoms with Crippen LogP contribution in [-0.4, -0.2) is 32.4 Å². The lowest BCUT2D eigenvalue weighted by Gasteiger charge is -2.26. The molecule has 100 valence electrons. The zero-order chi connectivity index (χ0) is 13.3. The average molecular weight is 333 g/mol. The van der Waals surface area contributed by atoms with Gasteiger partial charge < -0.3 is 5.73 Å². The molecule has 0 radical (unpaired) electrons. The molecule has 0 heterocycles. The highest BCUT2D eigenvalue weighted by molar-refractivity contribution is 9.10. The fourth-order valence-corrected chi connectivity index (χ4v) is 4.12. The van der Waals surface area contributed by atoms with Crippen LogP contribution in [-0.2, 0) is 10.0 Å². The number of rotatable bonds is 5. The molecule has 2 N–H and O–H groups in total. The van der Waals surface area contributed by atoms with Gasteiger partial charge >= 0.3 is 0 Å². The number of benzene rings is 1. The molecule has 4 nitrogen and oxygen atoms in total. The van der Waals surface area contributed by atoms with E-state index in [1.165, 1.54) is 4.31 Å². The molecule has 0 aromatic heterocycles. The molecule has 0 saturated heterocycles. The summed E-state index contributed by atoms with van der Waals surface area (Å²) in [5.74, 6) is 0.418. The van der Waals surface area contributed by atoms with Crippen molar-refractivity contribution in [3.05, 3.63) is 28.7 Å². The number of halogens is 1. The SMILES string of the molecule is CN(C(CN)C1CC1)S(=O)(=O)c1cccc(Br)c1. The first-order valence-electron chi connectivity index (χ1n) is 5.90. The molecule has 6 heteroatoms. The predicted octanol–water partition coefficient (Wildman–Crippen LogP) is 1.81. The maximum absolute atomic E-state index is 12.5. The quantitative estimate of drug-likeness (QED) is 0.894. The topological polar surface area (TPSA) is 63.4 Å². The Bertz CT molecular complexity index is 529. The highest BCUT2D eigenvalue weighted by Gasteiger charge is 2.38. The molecule has 1 atom stereocenters. The molecule has 1 aliphatic carbocycles. The normalized spacial score (nSPS) is 18.0. The Morgan fingerprint density at radius 1 is 1.50 bits per heavy atom. The van der Waals surface area contributed by atoms with Crippen molar-refractivity contribution in [2.75, 3.05) is 13.6 Å². The van der Waals surface area contributed by atoms with Gasteiger partial charge in [0.05, 0.1) is 4.90 Å². The lowest BCUT2D eigenvalue weighted by Crippen LogP contribution is -2.43. The fourth-order valence-electron chi connectivity index (χ4n) is 2.09. The Hall–Kier alpha value is -0.430. The number of likely N-dealkylation sites (N-methyl/N-ethyl adjacent to an activating group) is 1. The maximum Gasteiger partial charge on any atom is 0.243 e. The van der Waals surface area contributed by atoms with E-state index in [2.05, 4.69) is 15.9 Å². The van der Waals surface area contributed by atoms with Crippen molar-refractivity contribution in [2.24, 2.45) is 11.7 Å². The van der Waals surface area contributed by atoms with Gasteiger partial charge in [-0.1, -0.05) is 22.0 Å². The molecule has 1 aromatic carbocycles. The second-order valence-corrected chi connectivity index (χ2v) is 7.53. The first-order chi connectivity index (χ1) is 8.46. The van der Waals surface area contributed by atoms with E-state index in [0.29, 0.717) is 17.4 Å². The van der Waals surface area contributed by atoms with Crippen molar-refractivity contribution in [1.82, 2.24) is 4.31 Å². The molecule has 1 unspecified atom stereocenters. The maximum atomic E-state index is 12.5. The molecular formula is C12H17BrN2O2S. The number of nitrogens with zero attached hydrogens (tertiary/aromatic N) is 1. The Kier molecular flexibility index (Phi) is 4.11. The minimum atomic E-state index is -3.45. The summed E-state index contributed by atoms with van der Waals surface area (Å²) < 4.78 is 27.1. The summed E-state index contributed by atoms with van der Waals surface area (Å²) in [5.41, 5.74) is 5.70. The summed E-state index contributed by atoms with van der Waals surface area (Å²) in [6.45, 7) is 0.369. The second-order valence-electron chi connectivity index (χ2n) is 4.62. The van der Waals surface area contributed by atoms with Gasteiger partial charge in [-0.15, -0.1) is 0 Å². The van der Waals surface area contributed by atoms with Gasteiger partial charge in [0.1, 0.15) is 0 Å². The Morgan fingerprint density at radius 2 is 2.17 bits per heavy atom. The number of hydrogen-bond acceptors (Lipinski definition) is 3. The van der Waals surface area contributed by atoms with E-state index in [-0.39, 0.29) is 6.04 Å². The zero-order valence-electron chi connectivity index (χ0n) is 10.2. The van der Waals surface area contributed by atoms with Crippen LogP contribution in [0.4, 0.5) is 0 Å². The van der Waals surface area contributed by atoms with Gasteiger partial charge in [0.2, 0.25) is 10.0 Å². The second kappa shape index (κ2) is 5.28. The van der Waals surface area contributed by atoms with Crippen LogP contribution < -0.4 is 5.73 Å². The van der Waals surface area contributed by atoms with Crippen LogP contribution >= 0.6 is 15.9 Å². The van der Waals surface area contributed by atoms with Gasteiger partial charge in [-0.05, 0) is 37.0 Å². The number of nitrogens with two attached hydrogens (primary N) is 1. The van der Waals surface area contributed by atoms with Crippen molar-refractivity contribution in [3.63, 3.8) is 0 Å². The van der Waals surface area contributed by atoms with Crippen LogP contribution in [0.25, 0.3) is 0 Å². The molecule has 0 bridgehead atoms. The molecule has 2 rings (SSSR count). The van der Waals surface area contributed by atoms with Crippen molar-refractivity contribution in [2.45, 2.75) is 23.8 Å². The molecule has 1 saturated carbocycles. The van der Waals surface area contributed by atoms with E-state index in [1.54, 1.807) is 31.3 Å². The molecular weight excluding hydrogens is 316 g/mol. The lowest BCUT2D eigenvalue weighted by atomic mass is 10.2. The predicted molar refractivity (Wildman–Crippen MR) is 74.7 cm³/mol. The lowest BCUT2D eigenvalue weighted by molar-refractivity contribution is 0.340. The van der Waals surface area contributed by atoms with Crippen molar-refractivity contribution in [3.8, 4) is 0 Å². The molecule has 18 heavy (non-hydrogen) atoms. The van der Waals surface area contributed by atoms with Crippen molar-refractivity contribution >= 4 is 26.0 Å². The van der Waals surface area contributed by atoms with Gasteiger partial charge in [-0.2, -0.15) is 4.31 Å². The molecule has 0 spiro atoms. The van der Waals surface area contributed by atoms with E-state index in [0.717, 1.165) is 17.3 Å². The number of sulfonamides is 1. The molecule has 0 amide bonds. The van der Waals surface area contributed by atoms with E-state index in [4.69, 9.17) is 5.73 Å². The smallest absolute Gasteiger partial charge is 0.243 e. The third-order valence-corrected chi connectivity index (χ3v) is 5.72. The first-order valence-corrected chi connectivity index (χ1v) is 8.14. The van der Waals surface area contributed by atoms with Gasteiger partial charge in [0.25, 0.3) is 0 Å². The van der Waals surface area contributed by atoms with Crippen LogP contribution in [0.15, 0.2) is 33.6 Å². The first kappa shape index (κ1) is 14.0. The Balaban J connectivity index is 2.29. The van der Waals surface area contributed by atoms with Gasteiger partial charge in [-0.25, -0.2) is 8.42 Å². The highest BCUT2D eigenvalue weighted by atomic mass is 79.9. The summed E-state index contributed by atoms with van der Waals surface area (Å²) >= 11 is 3.29. The summed E-state index contributed by atoms with van der Waals surface area (Å²) in [5, 5.41) is 0. The van der Waals surface area contributed by atoms with Crippen LogP contribution in [0.3, 0.4) is 0 Å². The van der Waals surface area contributed by atoms with Gasteiger partial charge in [0, 0.05) is 24.1 Å².